The summed E-state index contributed by atoms with van der Waals surface area (Å²) in [5.74, 6) is 1.96. The van der Waals surface area contributed by atoms with Gasteiger partial charge in [0, 0.05) is 36.0 Å². The Morgan fingerprint density at radius 2 is 2.35 bits per heavy atom. The quantitative estimate of drug-likeness (QED) is 0.825. The third kappa shape index (κ3) is 3.30. The van der Waals surface area contributed by atoms with Gasteiger partial charge in [0.05, 0.1) is 5.75 Å². The first-order valence-electron chi connectivity index (χ1n) is 6.14. The number of thioether (sulfide) groups is 1. The fourth-order valence-corrected chi connectivity index (χ4v) is 2.95. The van der Waals surface area contributed by atoms with Gasteiger partial charge in [-0.2, -0.15) is 11.8 Å². The molecular formula is C12H19N3S2. The van der Waals surface area contributed by atoms with Crippen molar-refractivity contribution in [3.63, 3.8) is 0 Å². The van der Waals surface area contributed by atoms with Crippen LogP contribution in [-0.4, -0.2) is 21.8 Å². The van der Waals surface area contributed by atoms with E-state index in [2.05, 4.69) is 29.1 Å². The Labute approximate surface area is 112 Å². The van der Waals surface area contributed by atoms with Gasteiger partial charge >= 0.3 is 0 Å². The predicted molar refractivity (Wildman–Crippen MR) is 75.9 cm³/mol. The number of fused-ring (bicyclic) bond motifs is 1. The standard InChI is InChI=1S/C12H19N3S2/c1-3-8(2)17-7-11-14-10-4-5-13-6-9(10)12(16)15-11/h8,13H,3-7H2,1-2H3,(H,14,15,16). The van der Waals surface area contributed by atoms with Gasteiger partial charge in [0.25, 0.3) is 0 Å². The molecule has 1 aliphatic heterocycles. The summed E-state index contributed by atoms with van der Waals surface area (Å²) in [6, 6.07) is 0. The summed E-state index contributed by atoms with van der Waals surface area (Å²) in [5, 5.41) is 4.01. The molecule has 0 radical (unpaired) electrons. The highest BCUT2D eigenvalue weighted by atomic mass is 32.2. The summed E-state index contributed by atoms with van der Waals surface area (Å²) in [7, 11) is 0. The van der Waals surface area contributed by atoms with Gasteiger partial charge in [0.1, 0.15) is 10.5 Å². The molecule has 0 aliphatic carbocycles. The molecule has 3 nitrogen and oxygen atoms in total. The van der Waals surface area contributed by atoms with Gasteiger partial charge < -0.3 is 10.3 Å². The summed E-state index contributed by atoms with van der Waals surface area (Å²) in [5.41, 5.74) is 2.46. The normalized spacial score (nSPS) is 16.6. The van der Waals surface area contributed by atoms with Gasteiger partial charge in [-0.05, 0) is 6.42 Å². The van der Waals surface area contributed by atoms with E-state index in [0.717, 1.165) is 35.7 Å². The van der Waals surface area contributed by atoms with Crippen LogP contribution in [0, 0.1) is 4.64 Å². The summed E-state index contributed by atoms with van der Waals surface area (Å²) in [4.78, 5) is 7.94. The van der Waals surface area contributed by atoms with Crippen LogP contribution >= 0.6 is 24.0 Å². The highest BCUT2D eigenvalue weighted by molar-refractivity contribution is 7.99. The lowest BCUT2D eigenvalue weighted by molar-refractivity contribution is 0.620. The zero-order valence-corrected chi connectivity index (χ0v) is 12.0. The molecule has 0 saturated heterocycles. The van der Waals surface area contributed by atoms with E-state index in [1.54, 1.807) is 0 Å². The Bertz CT molecular complexity index is 442. The number of hydrogen-bond acceptors (Lipinski definition) is 4. The van der Waals surface area contributed by atoms with Crippen LogP contribution in [0.5, 0.6) is 0 Å². The van der Waals surface area contributed by atoms with Crippen molar-refractivity contribution < 1.29 is 0 Å². The number of hydrogen-bond donors (Lipinski definition) is 2. The molecule has 94 valence electrons. The molecule has 0 saturated carbocycles. The van der Waals surface area contributed by atoms with Crippen LogP contribution in [0.1, 0.15) is 37.4 Å². The van der Waals surface area contributed by atoms with E-state index >= 15 is 0 Å². The molecule has 2 N–H and O–H groups in total. The van der Waals surface area contributed by atoms with Gasteiger partial charge in [0.2, 0.25) is 0 Å². The van der Waals surface area contributed by atoms with E-state index < -0.39 is 0 Å². The van der Waals surface area contributed by atoms with Crippen molar-refractivity contribution in [1.82, 2.24) is 15.3 Å². The maximum Gasteiger partial charge on any atom is 0.134 e. The molecule has 0 fully saturated rings. The minimum absolute atomic E-state index is 0.677. The van der Waals surface area contributed by atoms with Crippen molar-refractivity contribution in [2.45, 2.75) is 44.2 Å². The Morgan fingerprint density at radius 3 is 3.12 bits per heavy atom. The molecule has 0 aromatic carbocycles. The zero-order valence-electron chi connectivity index (χ0n) is 10.4. The van der Waals surface area contributed by atoms with E-state index in [0.29, 0.717) is 5.25 Å². The Balaban J connectivity index is 2.14. The maximum atomic E-state index is 5.35. The highest BCUT2D eigenvalue weighted by Gasteiger charge is 2.13. The average molecular weight is 269 g/mol. The zero-order chi connectivity index (χ0) is 12.3. The molecule has 1 aromatic rings. The third-order valence-corrected chi connectivity index (χ3v) is 4.77. The lowest BCUT2D eigenvalue weighted by atomic mass is 10.1. The molecular weight excluding hydrogens is 250 g/mol. The summed E-state index contributed by atoms with van der Waals surface area (Å²) in [6.45, 7) is 6.35. The van der Waals surface area contributed by atoms with E-state index in [9.17, 15) is 0 Å². The van der Waals surface area contributed by atoms with E-state index in [1.807, 2.05) is 11.8 Å². The second kappa shape index (κ2) is 5.98. The van der Waals surface area contributed by atoms with Crippen LogP contribution in [-0.2, 0) is 18.7 Å². The maximum absolute atomic E-state index is 5.35. The molecule has 2 heterocycles. The first-order valence-corrected chi connectivity index (χ1v) is 7.59. The largest absolute Gasteiger partial charge is 0.346 e. The predicted octanol–water partition coefficient (Wildman–Crippen LogP) is 2.82. The number of aromatic amines is 1. The van der Waals surface area contributed by atoms with Gasteiger partial charge in [0.15, 0.2) is 0 Å². The Hall–Kier alpha value is -0.390. The number of nitrogens with one attached hydrogen (secondary N) is 2. The second-order valence-corrected chi connectivity index (χ2v) is 6.22. The molecule has 2 rings (SSSR count). The SMILES string of the molecule is CCC(C)SCc1nc(=S)c2c([nH]1)CCNC2. The average Bonchev–Trinajstić information content (AvgIpc) is 2.36. The molecule has 1 atom stereocenters. The minimum atomic E-state index is 0.677. The number of aromatic nitrogens is 2. The Morgan fingerprint density at radius 1 is 1.53 bits per heavy atom. The van der Waals surface area contributed by atoms with Gasteiger partial charge in [-0.25, -0.2) is 4.98 Å². The lowest BCUT2D eigenvalue weighted by Crippen LogP contribution is -2.25. The van der Waals surface area contributed by atoms with Crippen molar-refractivity contribution in [2.75, 3.05) is 6.54 Å². The Kier molecular flexibility index (Phi) is 4.59. The topological polar surface area (TPSA) is 40.7 Å². The van der Waals surface area contributed by atoms with E-state index in [-0.39, 0.29) is 0 Å². The number of H-pyrrole nitrogens is 1. The van der Waals surface area contributed by atoms with Crippen LogP contribution in [0.25, 0.3) is 0 Å². The number of rotatable bonds is 4. The minimum Gasteiger partial charge on any atom is -0.346 e. The second-order valence-electron chi connectivity index (χ2n) is 4.40. The third-order valence-electron chi connectivity index (χ3n) is 3.09. The van der Waals surface area contributed by atoms with Crippen molar-refractivity contribution >= 4 is 24.0 Å². The fraction of sp³-hybridized carbons (Fsp3) is 0.667. The van der Waals surface area contributed by atoms with E-state index in [1.165, 1.54) is 17.7 Å². The first-order chi connectivity index (χ1) is 8.20. The van der Waals surface area contributed by atoms with Gasteiger partial charge in [-0.15, -0.1) is 0 Å². The summed E-state index contributed by atoms with van der Waals surface area (Å²) in [6.07, 6.45) is 2.22. The van der Waals surface area contributed by atoms with Gasteiger partial charge in [-0.1, -0.05) is 26.1 Å². The van der Waals surface area contributed by atoms with Crippen LogP contribution in [0.3, 0.4) is 0 Å². The van der Waals surface area contributed by atoms with Crippen molar-refractivity contribution in [3.05, 3.63) is 21.7 Å². The molecule has 0 amide bonds. The monoisotopic (exact) mass is 269 g/mol. The lowest BCUT2D eigenvalue weighted by Gasteiger charge is -2.18. The highest BCUT2D eigenvalue weighted by Crippen LogP contribution is 2.19. The molecule has 17 heavy (non-hydrogen) atoms. The summed E-state index contributed by atoms with van der Waals surface area (Å²) < 4.78 is 0.769. The van der Waals surface area contributed by atoms with Crippen molar-refractivity contribution in [3.8, 4) is 0 Å². The smallest absolute Gasteiger partial charge is 0.134 e. The molecule has 1 aromatic heterocycles. The van der Waals surface area contributed by atoms with E-state index in [4.69, 9.17) is 12.2 Å². The molecule has 1 unspecified atom stereocenters. The van der Waals surface area contributed by atoms with Crippen LogP contribution in [0.2, 0.25) is 0 Å². The van der Waals surface area contributed by atoms with Crippen molar-refractivity contribution in [1.29, 1.82) is 0 Å². The summed E-state index contributed by atoms with van der Waals surface area (Å²) >= 11 is 7.29. The van der Waals surface area contributed by atoms with Crippen molar-refractivity contribution in [2.24, 2.45) is 0 Å². The molecule has 1 aliphatic rings. The van der Waals surface area contributed by atoms with Crippen LogP contribution in [0.4, 0.5) is 0 Å². The molecule has 5 heteroatoms. The van der Waals surface area contributed by atoms with Gasteiger partial charge in [-0.3, -0.25) is 0 Å². The molecule has 0 bridgehead atoms. The number of nitrogens with zero attached hydrogens (tertiary/aromatic N) is 1. The van der Waals surface area contributed by atoms with Crippen LogP contribution in [0.15, 0.2) is 0 Å². The van der Waals surface area contributed by atoms with Crippen LogP contribution < -0.4 is 5.32 Å². The first kappa shape index (κ1) is 13.1. The fourth-order valence-electron chi connectivity index (χ4n) is 1.83. The molecule has 0 spiro atoms.